The van der Waals surface area contributed by atoms with E-state index in [1.54, 1.807) is 32.4 Å². The summed E-state index contributed by atoms with van der Waals surface area (Å²) in [5, 5.41) is 11.2. The van der Waals surface area contributed by atoms with Crippen LogP contribution in [0.2, 0.25) is 0 Å². The number of rotatable bonds is 1. The van der Waals surface area contributed by atoms with Gasteiger partial charge in [-0.2, -0.15) is 4.98 Å². The highest BCUT2D eigenvalue weighted by Crippen LogP contribution is 2.35. The van der Waals surface area contributed by atoms with Crippen molar-refractivity contribution in [1.29, 1.82) is 0 Å². The lowest BCUT2D eigenvalue weighted by Crippen LogP contribution is -1.92. The molecule has 3 rings (SSSR count). The van der Waals surface area contributed by atoms with E-state index in [0.717, 1.165) is 5.39 Å². The Bertz CT molecular complexity index is 718. The van der Waals surface area contributed by atoms with Crippen LogP contribution in [0.4, 0.5) is 0 Å². The molecule has 17 heavy (non-hydrogen) atoms. The first-order valence-electron chi connectivity index (χ1n) is 5.12. The molecule has 0 aliphatic carbocycles. The van der Waals surface area contributed by atoms with E-state index in [2.05, 4.69) is 9.97 Å². The van der Waals surface area contributed by atoms with Crippen LogP contribution in [0.3, 0.4) is 0 Å². The van der Waals surface area contributed by atoms with Crippen molar-refractivity contribution >= 4 is 21.9 Å². The first-order chi connectivity index (χ1) is 8.20. The van der Waals surface area contributed by atoms with Gasteiger partial charge in [0.15, 0.2) is 11.3 Å². The molecule has 0 amide bonds. The van der Waals surface area contributed by atoms with Gasteiger partial charge in [0.1, 0.15) is 5.82 Å². The first kappa shape index (κ1) is 9.89. The molecule has 2 aromatic heterocycles. The zero-order valence-electron chi connectivity index (χ0n) is 9.39. The summed E-state index contributed by atoms with van der Waals surface area (Å²) in [6.45, 7) is 1.73. The Kier molecular flexibility index (Phi) is 1.95. The van der Waals surface area contributed by atoms with Gasteiger partial charge >= 0.3 is 0 Å². The molecular weight excluding hydrogens is 220 g/mol. The van der Waals surface area contributed by atoms with Crippen LogP contribution in [0.25, 0.3) is 21.9 Å². The van der Waals surface area contributed by atoms with E-state index in [9.17, 15) is 5.11 Å². The third-order valence-corrected chi connectivity index (χ3v) is 2.68. The molecule has 0 spiro atoms. The number of methoxy groups -OCH3 is 1. The molecule has 0 saturated heterocycles. The van der Waals surface area contributed by atoms with Crippen molar-refractivity contribution < 1.29 is 14.3 Å². The highest BCUT2D eigenvalue weighted by atomic mass is 16.5. The number of aromatic hydroxyl groups is 1. The molecule has 86 valence electrons. The molecule has 0 fully saturated rings. The summed E-state index contributed by atoms with van der Waals surface area (Å²) in [6.07, 6.45) is 1.57. The van der Waals surface area contributed by atoms with Gasteiger partial charge in [-0.1, -0.05) is 0 Å². The van der Waals surface area contributed by atoms with Gasteiger partial charge in [0, 0.05) is 0 Å². The predicted molar refractivity (Wildman–Crippen MR) is 62.3 cm³/mol. The second-order valence-corrected chi connectivity index (χ2v) is 3.73. The van der Waals surface area contributed by atoms with Crippen molar-refractivity contribution in [3.63, 3.8) is 0 Å². The molecular formula is C12H10N2O3. The number of aromatic nitrogens is 2. The fourth-order valence-electron chi connectivity index (χ4n) is 1.94. The maximum absolute atomic E-state index is 9.83. The minimum absolute atomic E-state index is 0.0473. The Morgan fingerprint density at radius 1 is 1.29 bits per heavy atom. The lowest BCUT2D eigenvalue weighted by Gasteiger charge is -2.06. The minimum Gasteiger partial charge on any atom is -0.493 e. The molecule has 3 aromatic rings. The van der Waals surface area contributed by atoms with Crippen LogP contribution < -0.4 is 4.74 Å². The molecule has 0 bridgehead atoms. The Morgan fingerprint density at radius 3 is 2.88 bits per heavy atom. The molecule has 2 heterocycles. The van der Waals surface area contributed by atoms with Crippen molar-refractivity contribution in [3.8, 4) is 11.6 Å². The highest BCUT2D eigenvalue weighted by molar-refractivity contribution is 6.07. The van der Waals surface area contributed by atoms with Gasteiger partial charge in [-0.25, -0.2) is 4.98 Å². The van der Waals surface area contributed by atoms with Gasteiger partial charge in [0.2, 0.25) is 5.88 Å². The van der Waals surface area contributed by atoms with Crippen molar-refractivity contribution in [2.45, 2.75) is 6.92 Å². The molecule has 0 aliphatic rings. The molecule has 0 unspecified atom stereocenters. The lowest BCUT2D eigenvalue weighted by atomic mass is 10.1. The first-order valence-corrected chi connectivity index (χ1v) is 5.12. The van der Waals surface area contributed by atoms with E-state index < -0.39 is 0 Å². The molecule has 0 radical (unpaired) electrons. The van der Waals surface area contributed by atoms with E-state index in [1.807, 2.05) is 0 Å². The average molecular weight is 230 g/mol. The second kappa shape index (κ2) is 3.35. The van der Waals surface area contributed by atoms with Crippen LogP contribution in [-0.4, -0.2) is 22.2 Å². The van der Waals surface area contributed by atoms with Crippen molar-refractivity contribution in [2.24, 2.45) is 0 Å². The number of ether oxygens (including phenoxy) is 1. The lowest BCUT2D eigenvalue weighted by molar-refractivity contribution is 0.410. The van der Waals surface area contributed by atoms with Gasteiger partial charge < -0.3 is 14.3 Å². The third kappa shape index (κ3) is 1.32. The number of fused-ring (bicyclic) bond motifs is 3. The number of furan rings is 1. The van der Waals surface area contributed by atoms with Gasteiger partial charge in [0.05, 0.1) is 29.7 Å². The number of hydrogen-bond donors (Lipinski definition) is 1. The average Bonchev–Trinajstić information content (AvgIpc) is 2.77. The molecule has 0 aliphatic heterocycles. The SMILES string of the molecule is COc1cc2c(O)nc(C)nc2c2ccoc12. The molecule has 5 nitrogen and oxygen atoms in total. The molecule has 0 atom stereocenters. The predicted octanol–water partition coefficient (Wildman–Crippen LogP) is 2.40. The standard InChI is InChI=1S/C12H10N2O3/c1-6-13-10-7-3-4-17-11(7)9(16-2)5-8(10)12(15)14-6/h3-5H,1-2H3,(H,13,14,15). The molecule has 0 saturated carbocycles. The van der Waals surface area contributed by atoms with E-state index >= 15 is 0 Å². The normalized spacial score (nSPS) is 11.2. The summed E-state index contributed by atoms with van der Waals surface area (Å²) in [5.41, 5.74) is 1.29. The Labute approximate surface area is 96.7 Å². The maximum atomic E-state index is 9.83. The number of aryl methyl sites for hydroxylation is 1. The fraction of sp³-hybridized carbons (Fsp3) is 0.167. The van der Waals surface area contributed by atoms with Crippen LogP contribution in [0.5, 0.6) is 11.6 Å². The van der Waals surface area contributed by atoms with E-state index in [0.29, 0.717) is 28.1 Å². The van der Waals surface area contributed by atoms with Crippen LogP contribution in [0.15, 0.2) is 22.8 Å². The summed E-state index contributed by atoms with van der Waals surface area (Å²) in [4.78, 5) is 8.25. The maximum Gasteiger partial charge on any atom is 0.222 e. The Hall–Kier alpha value is -2.30. The zero-order chi connectivity index (χ0) is 12.0. The Balaban J connectivity index is 2.58. The van der Waals surface area contributed by atoms with Gasteiger partial charge in [-0.3, -0.25) is 0 Å². The van der Waals surface area contributed by atoms with Crippen LogP contribution in [0, 0.1) is 6.92 Å². The van der Waals surface area contributed by atoms with Crippen molar-refractivity contribution in [1.82, 2.24) is 9.97 Å². The molecule has 1 N–H and O–H groups in total. The topological polar surface area (TPSA) is 68.4 Å². The van der Waals surface area contributed by atoms with Crippen LogP contribution in [-0.2, 0) is 0 Å². The van der Waals surface area contributed by atoms with Crippen LogP contribution >= 0.6 is 0 Å². The van der Waals surface area contributed by atoms with Crippen molar-refractivity contribution in [2.75, 3.05) is 7.11 Å². The fourth-order valence-corrected chi connectivity index (χ4v) is 1.94. The minimum atomic E-state index is -0.0473. The number of benzene rings is 1. The summed E-state index contributed by atoms with van der Waals surface area (Å²) >= 11 is 0. The van der Waals surface area contributed by atoms with Crippen molar-refractivity contribution in [3.05, 3.63) is 24.2 Å². The summed E-state index contributed by atoms with van der Waals surface area (Å²) in [6, 6.07) is 3.47. The summed E-state index contributed by atoms with van der Waals surface area (Å²) in [7, 11) is 1.55. The highest BCUT2D eigenvalue weighted by Gasteiger charge is 2.14. The van der Waals surface area contributed by atoms with E-state index in [-0.39, 0.29) is 5.88 Å². The number of hydrogen-bond acceptors (Lipinski definition) is 5. The third-order valence-electron chi connectivity index (χ3n) is 2.68. The van der Waals surface area contributed by atoms with E-state index in [4.69, 9.17) is 9.15 Å². The molecule has 1 aromatic carbocycles. The zero-order valence-corrected chi connectivity index (χ0v) is 9.39. The number of nitrogens with zero attached hydrogens (tertiary/aromatic N) is 2. The van der Waals surface area contributed by atoms with Gasteiger partial charge in [-0.05, 0) is 19.1 Å². The second-order valence-electron chi connectivity index (χ2n) is 3.73. The summed E-state index contributed by atoms with van der Waals surface area (Å²) < 4.78 is 10.6. The van der Waals surface area contributed by atoms with Crippen LogP contribution in [0.1, 0.15) is 5.82 Å². The smallest absolute Gasteiger partial charge is 0.222 e. The largest absolute Gasteiger partial charge is 0.493 e. The summed E-state index contributed by atoms with van der Waals surface area (Å²) in [5.74, 6) is 1.02. The van der Waals surface area contributed by atoms with Gasteiger partial charge in [-0.15, -0.1) is 0 Å². The Morgan fingerprint density at radius 2 is 2.12 bits per heavy atom. The van der Waals surface area contributed by atoms with E-state index in [1.165, 1.54) is 0 Å². The quantitative estimate of drug-likeness (QED) is 0.695. The monoisotopic (exact) mass is 230 g/mol. The molecule has 5 heteroatoms. The van der Waals surface area contributed by atoms with Gasteiger partial charge in [0.25, 0.3) is 0 Å².